The molecule has 1 aromatic carbocycles. The van der Waals surface area contributed by atoms with Gasteiger partial charge in [0.15, 0.2) is 5.11 Å². The first-order valence-corrected chi connectivity index (χ1v) is 11.3. The van der Waals surface area contributed by atoms with E-state index in [0.29, 0.717) is 16.5 Å². The number of esters is 1. The summed E-state index contributed by atoms with van der Waals surface area (Å²) >= 11 is 6.72. The van der Waals surface area contributed by atoms with Crippen molar-refractivity contribution in [2.24, 2.45) is 11.3 Å². The fourth-order valence-corrected chi connectivity index (χ4v) is 5.38. The molecular weight excluding hydrogens is 450 g/mol. The maximum absolute atomic E-state index is 12.5. The summed E-state index contributed by atoms with van der Waals surface area (Å²) in [6.07, 6.45) is 2.61. The number of hydrogen-bond donors (Lipinski definition) is 2. The second-order valence-electron chi connectivity index (χ2n) is 8.72. The van der Waals surface area contributed by atoms with Crippen LogP contribution in [0.25, 0.3) is 0 Å². The van der Waals surface area contributed by atoms with Crippen molar-refractivity contribution < 1.29 is 19.2 Å². The number of ether oxygens (including phenoxy) is 1. The third-order valence-corrected chi connectivity index (χ3v) is 7.03. The van der Waals surface area contributed by atoms with E-state index >= 15 is 0 Å². The quantitative estimate of drug-likeness (QED) is 0.285. The largest absolute Gasteiger partial charge is 0.465 e. The van der Waals surface area contributed by atoms with Gasteiger partial charge in [0, 0.05) is 22.6 Å². The van der Waals surface area contributed by atoms with E-state index in [4.69, 9.17) is 17.0 Å². The fourth-order valence-electron chi connectivity index (χ4n) is 3.80. The Hall–Kier alpha value is -2.85. The number of nitrogens with one attached hydrogen (secondary N) is 2. The number of anilines is 1. The number of nitro benzene ring substituents is 1. The number of thiophene rings is 1. The van der Waals surface area contributed by atoms with Crippen LogP contribution in [-0.2, 0) is 17.6 Å². The second kappa shape index (κ2) is 9.33. The number of carbonyl (C=O) groups excluding carboxylic acids is 2. The Bertz CT molecular complexity index is 1090. The van der Waals surface area contributed by atoms with Gasteiger partial charge in [-0.05, 0) is 54.4 Å². The molecule has 0 saturated heterocycles. The molecule has 10 heteroatoms. The number of benzene rings is 1. The molecule has 2 N–H and O–H groups in total. The molecule has 0 bridgehead atoms. The van der Waals surface area contributed by atoms with Crippen molar-refractivity contribution in [3.8, 4) is 0 Å². The number of thiocarbonyl (C=S) groups is 1. The van der Waals surface area contributed by atoms with Gasteiger partial charge in [0.1, 0.15) is 5.00 Å². The average Bonchev–Trinajstić information content (AvgIpc) is 3.09. The highest BCUT2D eigenvalue weighted by Crippen LogP contribution is 2.44. The first kappa shape index (κ1) is 23.8. The zero-order chi connectivity index (χ0) is 23.6. The Morgan fingerprint density at radius 2 is 2.03 bits per heavy atom. The Morgan fingerprint density at radius 1 is 1.31 bits per heavy atom. The van der Waals surface area contributed by atoms with Crippen molar-refractivity contribution in [3.05, 3.63) is 55.9 Å². The highest BCUT2D eigenvalue weighted by atomic mass is 32.1. The molecule has 3 rings (SSSR count). The van der Waals surface area contributed by atoms with E-state index in [-0.39, 0.29) is 21.8 Å². The van der Waals surface area contributed by atoms with Crippen molar-refractivity contribution in [2.75, 3.05) is 12.4 Å². The number of hydrogen-bond acceptors (Lipinski definition) is 7. The van der Waals surface area contributed by atoms with Crippen molar-refractivity contribution >= 4 is 51.2 Å². The summed E-state index contributed by atoms with van der Waals surface area (Å²) < 4.78 is 5.00. The molecule has 1 heterocycles. The van der Waals surface area contributed by atoms with Crippen LogP contribution in [0.1, 0.15) is 58.3 Å². The molecular formula is C22H25N3O5S2. The number of fused-ring (bicyclic) bond motifs is 1. The fraction of sp³-hybridized carbons (Fsp3) is 0.409. The lowest BCUT2D eigenvalue weighted by Crippen LogP contribution is -2.34. The van der Waals surface area contributed by atoms with Crippen LogP contribution < -0.4 is 10.6 Å². The van der Waals surface area contributed by atoms with Crippen molar-refractivity contribution in [2.45, 2.75) is 40.0 Å². The molecule has 1 amide bonds. The van der Waals surface area contributed by atoms with E-state index in [9.17, 15) is 19.7 Å². The van der Waals surface area contributed by atoms with Gasteiger partial charge >= 0.3 is 5.97 Å². The van der Waals surface area contributed by atoms with Crippen molar-refractivity contribution in [3.63, 3.8) is 0 Å². The van der Waals surface area contributed by atoms with Gasteiger partial charge in [-0.25, -0.2) is 4.79 Å². The number of methoxy groups -OCH3 is 1. The normalized spacial score (nSPS) is 15.4. The zero-order valence-electron chi connectivity index (χ0n) is 18.3. The van der Waals surface area contributed by atoms with Gasteiger partial charge in [-0.2, -0.15) is 0 Å². The van der Waals surface area contributed by atoms with Crippen LogP contribution in [0.2, 0.25) is 0 Å². The van der Waals surface area contributed by atoms with Crippen LogP contribution in [0.4, 0.5) is 10.7 Å². The van der Waals surface area contributed by atoms with Crippen molar-refractivity contribution in [1.82, 2.24) is 5.32 Å². The Balaban J connectivity index is 1.81. The second-order valence-corrected chi connectivity index (χ2v) is 10.2. The molecule has 32 heavy (non-hydrogen) atoms. The third kappa shape index (κ3) is 5.13. The maximum atomic E-state index is 12.5. The summed E-state index contributed by atoms with van der Waals surface area (Å²) in [4.78, 5) is 36.5. The highest BCUT2D eigenvalue weighted by molar-refractivity contribution is 7.80. The molecule has 170 valence electrons. The van der Waals surface area contributed by atoms with Crippen molar-refractivity contribution in [1.29, 1.82) is 0 Å². The molecule has 1 aromatic heterocycles. The molecule has 0 radical (unpaired) electrons. The van der Waals surface area contributed by atoms with Gasteiger partial charge in [0.25, 0.3) is 11.6 Å². The maximum Gasteiger partial charge on any atom is 0.341 e. The van der Waals surface area contributed by atoms with Gasteiger partial charge in [-0.3, -0.25) is 20.2 Å². The zero-order valence-corrected chi connectivity index (χ0v) is 19.9. The SMILES string of the molecule is COC(=O)c1c(NC(=S)NC(=O)c2cccc([N+](=O)[O-])c2)sc2c1CCC(C(C)(C)C)C2. The number of nitro groups is 1. The van der Waals surface area contributed by atoms with E-state index in [1.165, 1.54) is 42.7 Å². The number of amides is 1. The average molecular weight is 476 g/mol. The molecule has 1 atom stereocenters. The minimum Gasteiger partial charge on any atom is -0.465 e. The molecule has 8 nitrogen and oxygen atoms in total. The van der Waals surface area contributed by atoms with Crippen LogP contribution in [0.15, 0.2) is 24.3 Å². The smallest absolute Gasteiger partial charge is 0.341 e. The monoisotopic (exact) mass is 475 g/mol. The molecule has 1 unspecified atom stereocenters. The van der Waals surface area contributed by atoms with E-state index in [1.807, 2.05) is 0 Å². The van der Waals surface area contributed by atoms with E-state index in [2.05, 4.69) is 31.4 Å². The van der Waals surface area contributed by atoms with E-state index in [1.54, 1.807) is 0 Å². The molecule has 2 aromatic rings. The van der Waals surface area contributed by atoms with E-state index < -0.39 is 16.8 Å². The summed E-state index contributed by atoms with van der Waals surface area (Å²) in [6.45, 7) is 6.65. The van der Waals surface area contributed by atoms with Crippen LogP contribution in [-0.4, -0.2) is 29.0 Å². The number of rotatable bonds is 4. The van der Waals surface area contributed by atoms with Crippen LogP contribution >= 0.6 is 23.6 Å². The topological polar surface area (TPSA) is 111 Å². The molecule has 0 fully saturated rings. The van der Waals surface area contributed by atoms with Crippen LogP contribution in [0, 0.1) is 21.4 Å². The first-order valence-electron chi connectivity index (χ1n) is 10.1. The predicted molar refractivity (Wildman–Crippen MR) is 127 cm³/mol. The Labute approximate surface area is 195 Å². The van der Waals surface area contributed by atoms with Gasteiger partial charge in [-0.15, -0.1) is 11.3 Å². The summed E-state index contributed by atoms with van der Waals surface area (Å²) in [5.41, 5.74) is 1.49. The molecule has 0 saturated carbocycles. The van der Waals surface area contributed by atoms with E-state index in [0.717, 1.165) is 29.7 Å². The molecule has 0 aliphatic heterocycles. The third-order valence-electron chi connectivity index (χ3n) is 5.65. The standard InChI is InChI=1S/C22H25N3O5S2/c1-22(2,3)13-8-9-15-16(11-13)32-19(17(15)20(27)30-4)24-21(31)23-18(26)12-6-5-7-14(10-12)25(28)29/h5-7,10,13H,8-9,11H2,1-4H3,(H2,23,24,26,31). The Kier molecular flexibility index (Phi) is 6.94. The lowest BCUT2D eigenvalue weighted by atomic mass is 9.72. The van der Waals surface area contributed by atoms with Gasteiger partial charge in [0.2, 0.25) is 0 Å². The van der Waals surface area contributed by atoms with Crippen LogP contribution in [0.5, 0.6) is 0 Å². The Morgan fingerprint density at radius 3 is 2.66 bits per heavy atom. The lowest BCUT2D eigenvalue weighted by Gasteiger charge is -2.33. The summed E-state index contributed by atoms with van der Waals surface area (Å²) in [7, 11) is 1.33. The molecule has 1 aliphatic carbocycles. The number of nitrogens with zero attached hydrogens (tertiary/aromatic N) is 1. The summed E-state index contributed by atoms with van der Waals surface area (Å²) in [6, 6.07) is 5.37. The van der Waals surface area contributed by atoms with Gasteiger partial charge in [0.05, 0.1) is 17.6 Å². The summed E-state index contributed by atoms with van der Waals surface area (Å²) in [5, 5.41) is 16.9. The minimum absolute atomic E-state index is 0.00220. The van der Waals surface area contributed by atoms with Gasteiger partial charge in [-0.1, -0.05) is 26.8 Å². The van der Waals surface area contributed by atoms with Crippen LogP contribution in [0.3, 0.4) is 0 Å². The molecule has 0 spiro atoms. The lowest BCUT2D eigenvalue weighted by molar-refractivity contribution is -0.384. The summed E-state index contributed by atoms with van der Waals surface area (Å²) in [5.74, 6) is -0.542. The number of carbonyl (C=O) groups is 2. The first-order chi connectivity index (χ1) is 15.0. The minimum atomic E-state index is -0.583. The van der Waals surface area contributed by atoms with Gasteiger partial charge < -0.3 is 10.1 Å². The predicted octanol–water partition coefficient (Wildman–Crippen LogP) is 4.72. The highest BCUT2D eigenvalue weighted by Gasteiger charge is 2.34. The number of non-ortho nitro benzene ring substituents is 1. The molecule has 1 aliphatic rings.